The van der Waals surface area contributed by atoms with Gasteiger partial charge in [0.2, 0.25) is 0 Å². The van der Waals surface area contributed by atoms with Crippen molar-refractivity contribution in [2.45, 2.75) is 72.6 Å². The van der Waals surface area contributed by atoms with Crippen molar-refractivity contribution in [2.24, 2.45) is 5.92 Å². The van der Waals surface area contributed by atoms with E-state index < -0.39 is 11.9 Å². The third-order valence-electron chi connectivity index (χ3n) is 5.44. The van der Waals surface area contributed by atoms with E-state index in [1.165, 1.54) is 23.6 Å². The third kappa shape index (κ3) is 9.99. The Hall–Kier alpha value is -2.82. The van der Waals surface area contributed by atoms with Gasteiger partial charge in [0.15, 0.2) is 0 Å². The maximum atomic E-state index is 11.8. The first-order valence-corrected chi connectivity index (χ1v) is 11.4. The van der Waals surface area contributed by atoms with Crippen LogP contribution < -0.4 is 0 Å². The van der Waals surface area contributed by atoms with E-state index in [-0.39, 0.29) is 6.61 Å². The van der Waals surface area contributed by atoms with Gasteiger partial charge in [0.05, 0.1) is 18.1 Å². The Morgan fingerprint density at radius 2 is 1.88 bits per heavy atom. The van der Waals surface area contributed by atoms with Crippen LogP contribution in [0, 0.1) is 5.92 Å². The monoisotopic (exact) mass is 440 g/mol. The lowest BCUT2D eigenvalue weighted by molar-refractivity contribution is -0.141. The minimum atomic E-state index is -0.436. The molecule has 0 spiro atoms. The lowest BCUT2D eigenvalue weighted by atomic mass is 9.99. The summed E-state index contributed by atoms with van der Waals surface area (Å²) in [5.41, 5.74) is 4.49. The molecule has 2 heterocycles. The van der Waals surface area contributed by atoms with Gasteiger partial charge in [0, 0.05) is 6.92 Å². The maximum Gasteiger partial charge on any atom is 0.343 e. The summed E-state index contributed by atoms with van der Waals surface area (Å²) in [7, 11) is 0. The average molecular weight is 441 g/mol. The summed E-state index contributed by atoms with van der Waals surface area (Å²) in [5.74, 6) is 0.000995. The molecule has 1 aromatic heterocycles. The highest BCUT2D eigenvalue weighted by Gasteiger charge is 2.22. The minimum Gasteiger partial charge on any atom is -0.472 e. The number of allylic oxidation sites excluding steroid dienone is 6. The molecule has 174 valence electrons. The quantitative estimate of drug-likeness (QED) is 0.255. The molecule has 0 unspecified atom stereocenters. The van der Waals surface area contributed by atoms with Crippen molar-refractivity contribution in [3.8, 4) is 0 Å². The van der Waals surface area contributed by atoms with E-state index in [0.29, 0.717) is 17.3 Å². The molecule has 2 rings (SSSR count). The van der Waals surface area contributed by atoms with E-state index in [1.807, 2.05) is 18.4 Å². The highest BCUT2D eigenvalue weighted by atomic mass is 16.6. The van der Waals surface area contributed by atoms with Crippen LogP contribution in [0.15, 0.2) is 69.8 Å². The Balaban J connectivity index is 1.64. The fraction of sp³-hybridized carbons (Fsp3) is 0.481. The maximum absolute atomic E-state index is 11.8. The van der Waals surface area contributed by atoms with Crippen molar-refractivity contribution in [1.82, 2.24) is 0 Å². The van der Waals surface area contributed by atoms with Gasteiger partial charge < -0.3 is 13.9 Å². The van der Waals surface area contributed by atoms with Crippen molar-refractivity contribution in [2.75, 3.05) is 6.61 Å². The fourth-order valence-electron chi connectivity index (χ4n) is 3.53. The van der Waals surface area contributed by atoms with Crippen LogP contribution in [0.2, 0.25) is 0 Å². The van der Waals surface area contributed by atoms with E-state index in [9.17, 15) is 9.59 Å². The predicted octanol–water partition coefficient (Wildman–Crippen LogP) is 6.62. The largest absolute Gasteiger partial charge is 0.472 e. The second-order valence-electron chi connectivity index (χ2n) is 8.59. The molecule has 1 aliphatic heterocycles. The Morgan fingerprint density at radius 1 is 1.12 bits per heavy atom. The zero-order valence-corrected chi connectivity index (χ0v) is 19.8. The second-order valence-corrected chi connectivity index (χ2v) is 8.59. The van der Waals surface area contributed by atoms with E-state index in [4.69, 9.17) is 13.9 Å². The molecule has 0 radical (unpaired) electrons. The van der Waals surface area contributed by atoms with Crippen LogP contribution in [0.1, 0.15) is 71.8 Å². The molecule has 1 aliphatic rings. The number of furan rings is 1. The van der Waals surface area contributed by atoms with Crippen LogP contribution >= 0.6 is 0 Å². The molecule has 5 heteroatoms. The summed E-state index contributed by atoms with van der Waals surface area (Å²) in [5, 5.41) is 0. The zero-order chi connectivity index (χ0) is 23.3. The van der Waals surface area contributed by atoms with Gasteiger partial charge in [-0.3, -0.25) is 4.79 Å². The Bertz CT molecular complexity index is 868. The van der Waals surface area contributed by atoms with Crippen LogP contribution in [-0.4, -0.2) is 18.5 Å². The first kappa shape index (κ1) is 25.4. The number of cyclic esters (lactones) is 1. The Morgan fingerprint density at radius 3 is 2.59 bits per heavy atom. The Labute approximate surface area is 191 Å². The summed E-state index contributed by atoms with van der Waals surface area (Å²) in [6.45, 7) is 7.80. The van der Waals surface area contributed by atoms with Crippen molar-refractivity contribution in [1.29, 1.82) is 0 Å². The number of esters is 2. The number of hydrogen-bond donors (Lipinski definition) is 0. The highest BCUT2D eigenvalue weighted by Crippen LogP contribution is 2.22. The van der Waals surface area contributed by atoms with E-state index in [1.54, 1.807) is 12.3 Å². The first-order valence-electron chi connectivity index (χ1n) is 11.4. The summed E-state index contributed by atoms with van der Waals surface area (Å²) < 4.78 is 15.2. The molecule has 0 aromatic carbocycles. The molecule has 1 aromatic rings. The fourth-order valence-corrected chi connectivity index (χ4v) is 3.53. The Kier molecular flexibility index (Phi) is 10.8. The van der Waals surface area contributed by atoms with Gasteiger partial charge in [-0.05, 0) is 88.5 Å². The third-order valence-corrected chi connectivity index (χ3v) is 5.44. The summed E-state index contributed by atoms with van der Waals surface area (Å²) in [6, 6.07) is 2.02. The molecule has 0 bridgehead atoms. The molecule has 0 amide bonds. The number of aryl methyl sites for hydroxylation is 1. The van der Waals surface area contributed by atoms with Gasteiger partial charge in [-0.25, -0.2) is 4.79 Å². The van der Waals surface area contributed by atoms with Crippen molar-refractivity contribution >= 4 is 11.9 Å². The minimum absolute atomic E-state index is 0.0388. The molecule has 0 saturated heterocycles. The smallest absolute Gasteiger partial charge is 0.343 e. The van der Waals surface area contributed by atoms with Crippen molar-refractivity contribution < 1.29 is 23.5 Å². The van der Waals surface area contributed by atoms with Crippen LogP contribution in [0.25, 0.3) is 0 Å². The van der Waals surface area contributed by atoms with Gasteiger partial charge in [0.25, 0.3) is 0 Å². The molecule has 0 aliphatic carbocycles. The van der Waals surface area contributed by atoms with Gasteiger partial charge in [-0.15, -0.1) is 0 Å². The van der Waals surface area contributed by atoms with Crippen LogP contribution in [0.3, 0.4) is 0 Å². The van der Waals surface area contributed by atoms with Crippen molar-refractivity contribution in [3.05, 3.63) is 70.9 Å². The van der Waals surface area contributed by atoms with E-state index >= 15 is 0 Å². The van der Waals surface area contributed by atoms with Crippen molar-refractivity contribution in [3.63, 3.8) is 0 Å². The van der Waals surface area contributed by atoms with Gasteiger partial charge in [0.1, 0.15) is 12.4 Å². The SMILES string of the molecule is CC(=O)OCC1=C/C(=C\[C@H](C)CCC/C(C)=C/CC/C(C)=C/CCc2ccoc2)OC1=O. The van der Waals surface area contributed by atoms with E-state index in [0.717, 1.165) is 44.9 Å². The molecule has 0 fully saturated rings. The highest BCUT2D eigenvalue weighted by molar-refractivity contribution is 5.93. The predicted molar refractivity (Wildman–Crippen MR) is 126 cm³/mol. The number of hydrogen-bond acceptors (Lipinski definition) is 5. The van der Waals surface area contributed by atoms with Crippen LogP contribution in [0.4, 0.5) is 0 Å². The average Bonchev–Trinajstić information content (AvgIpc) is 3.36. The van der Waals surface area contributed by atoms with Gasteiger partial charge in [-0.2, -0.15) is 0 Å². The molecule has 5 nitrogen and oxygen atoms in total. The molecule has 0 N–H and O–H groups in total. The zero-order valence-electron chi connectivity index (χ0n) is 19.8. The number of rotatable bonds is 13. The summed E-state index contributed by atoms with van der Waals surface area (Å²) >= 11 is 0. The van der Waals surface area contributed by atoms with Crippen LogP contribution in [0.5, 0.6) is 0 Å². The van der Waals surface area contributed by atoms with E-state index in [2.05, 4.69) is 32.9 Å². The lowest BCUT2D eigenvalue weighted by Crippen LogP contribution is -2.08. The van der Waals surface area contributed by atoms with Gasteiger partial charge >= 0.3 is 11.9 Å². The van der Waals surface area contributed by atoms with Gasteiger partial charge in [-0.1, -0.05) is 30.2 Å². The molecular formula is C27H36O5. The lowest BCUT2D eigenvalue weighted by Gasteiger charge is -2.08. The molecular weight excluding hydrogens is 404 g/mol. The number of carbonyl (C=O) groups is 2. The molecule has 1 atom stereocenters. The molecule has 0 saturated carbocycles. The summed E-state index contributed by atoms with van der Waals surface area (Å²) in [4.78, 5) is 22.7. The normalized spacial score (nSPS) is 16.8. The molecule has 32 heavy (non-hydrogen) atoms. The standard InChI is InChI=1S/C27H36O5/c1-20(8-5-9-21(2)11-7-13-24-14-15-30-18-24)10-6-12-22(3)16-26-17-25(27(29)32-26)19-31-23(4)28/h8,11,14-18,22H,5-7,9-10,12-13,19H2,1-4H3/b20-8+,21-11+,26-16+/t22-/m1/s1. The first-order chi connectivity index (χ1) is 15.3. The summed E-state index contributed by atoms with van der Waals surface area (Å²) in [6.07, 6.45) is 19.3. The topological polar surface area (TPSA) is 65.7 Å². The second kappa shape index (κ2) is 13.6. The number of carbonyl (C=O) groups excluding carboxylic acids is 2. The van der Waals surface area contributed by atoms with Crippen LogP contribution in [-0.2, 0) is 25.5 Å². The number of ether oxygens (including phenoxy) is 2.